The molecule has 0 radical (unpaired) electrons. The molecule has 0 aliphatic carbocycles. The molecule has 4 aromatic rings. The Morgan fingerprint density at radius 2 is 2.04 bits per heavy atom. The molecule has 2 aromatic heterocycles. The summed E-state index contributed by atoms with van der Waals surface area (Å²) in [4.78, 5) is 12.7. The van der Waals surface area contributed by atoms with E-state index in [1.165, 1.54) is 28.6 Å². The Labute approximate surface area is 159 Å². The van der Waals surface area contributed by atoms with Crippen LogP contribution in [0.15, 0.2) is 53.6 Å². The lowest BCUT2D eigenvalue weighted by Gasteiger charge is -2.06. The fourth-order valence-electron chi connectivity index (χ4n) is 3.04. The number of nitrogens with zero attached hydrogens (tertiary/aromatic N) is 5. The van der Waals surface area contributed by atoms with E-state index in [0.29, 0.717) is 17.0 Å². The van der Waals surface area contributed by atoms with Crippen LogP contribution >= 0.6 is 0 Å². The predicted octanol–water partition coefficient (Wildman–Crippen LogP) is 2.32. The van der Waals surface area contributed by atoms with Crippen molar-refractivity contribution in [2.24, 2.45) is 0 Å². The van der Waals surface area contributed by atoms with Gasteiger partial charge in [-0.15, -0.1) is 0 Å². The number of aromatic amines is 1. The second kappa shape index (κ2) is 7.10. The molecule has 2 heterocycles. The van der Waals surface area contributed by atoms with E-state index in [1.807, 2.05) is 19.1 Å². The minimum Gasteiger partial charge on any atom is -0.497 e. The smallest absolute Gasteiger partial charge is 0.368 e. The topological polar surface area (TPSA) is 90.6 Å². The molecule has 2 aromatic carbocycles. The van der Waals surface area contributed by atoms with Crippen LogP contribution in [0.2, 0.25) is 0 Å². The largest absolute Gasteiger partial charge is 0.497 e. The van der Waals surface area contributed by atoms with E-state index in [2.05, 4.69) is 20.6 Å². The number of rotatable bonds is 5. The van der Waals surface area contributed by atoms with Crippen molar-refractivity contribution >= 4 is 0 Å². The van der Waals surface area contributed by atoms with Crippen molar-refractivity contribution in [3.63, 3.8) is 0 Å². The molecule has 0 amide bonds. The maximum Gasteiger partial charge on any atom is 0.368 e. The van der Waals surface area contributed by atoms with Gasteiger partial charge in [0.1, 0.15) is 11.6 Å². The Kier molecular flexibility index (Phi) is 4.48. The van der Waals surface area contributed by atoms with Crippen LogP contribution in [0.5, 0.6) is 5.75 Å². The normalized spacial score (nSPS) is 11.0. The Morgan fingerprint density at radius 1 is 1.18 bits per heavy atom. The molecule has 0 bridgehead atoms. The van der Waals surface area contributed by atoms with Gasteiger partial charge in [-0.25, -0.2) is 9.18 Å². The molecular weight excluding hydrogens is 363 g/mol. The molecule has 0 spiro atoms. The number of aromatic nitrogens is 6. The molecule has 1 N–H and O–H groups in total. The van der Waals surface area contributed by atoms with E-state index in [9.17, 15) is 9.18 Å². The zero-order valence-electron chi connectivity index (χ0n) is 15.3. The number of hydrogen-bond acceptors (Lipinski definition) is 5. The SMILES string of the molecule is COc1cc(F)cc(Cn2nnn(-c3ccc(-c4cn[nH]c4)c(C)c3)c2=O)c1. The summed E-state index contributed by atoms with van der Waals surface area (Å²) >= 11 is 0. The first-order valence-corrected chi connectivity index (χ1v) is 8.51. The first kappa shape index (κ1) is 17.7. The highest BCUT2D eigenvalue weighted by Gasteiger charge is 2.12. The van der Waals surface area contributed by atoms with Gasteiger partial charge in [0.25, 0.3) is 0 Å². The fourth-order valence-corrected chi connectivity index (χ4v) is 3.04. The fraction of sp³-hybridized carbons (Fsp3) is 0.158. The van der Waals surface area contributed by atoms with Crippen LogP contribution < -0.4 is 10.4 Å². The molecule has 4 rings (SSSR count). The summed E-state index contributed by atoms with van der Waals surface area (Å²) in [5, 5.41) is 14.6. The van der Waals surface area contributed by atoms with Gasteiger partial charge in [0.2, 0.25) is 0 Å². The number of nitrogens with one attached hydrogen (secondary N) is 1. The summed E-state index contributed by atoms with van der Waals surface area (Å²) in [7, 11) is 1.45. The molecule has 0 saturated heterocycles. The third-order valence-electron chi connectivity index (χ3n) is 4.40. The van der Waals surface area contributed by atoms with Crippen LogP contribution in [0.1, 0.15) is 11.1 Å². The second-order valence-electron chi connectivity index (χ2n) is 6.32. The molecule has 0 aliphatic rings. The van der Waals surface area contributed by atoms with E-state index in [-0.39, 0.29) is 6.54 Å². The Balaban J connectivity index is 1.65. The molecule has 0 fully saturated rings. The van der Waals surface area contributed by atoms with E-state index in [0.717, 1.165) is 16.7 Å². The standard InChI is InChI=1S/C19H17FN6O2/c1-12-5-16(3-4-18(12)14-9-21-22-10-14)26-19(27)25(23-24-26)11-13-6-15(20)8-17(7-13)28-2/h3-10H,11H2,1-2H3,(H,21,22). The quantitative estimate of drug-likeness (QED) is 0.574. The molecule has 28 heavy (non-hydrogen) atoms. The third kappa shape index (κ3) is 3.29. The van der Waals surface area contributed by atoms with Gasteiger partial charge in [0.05, 0.1) is 25.5 Å². The minimum absolute atomic E-state index is 0.0824. The number of aryl methyl sites for hydroxylation is 1. The van der Waals surface area contributed by atoms with Crippen LogP contribution in [0.4, 0.5) is 4.39 Å². The molecule has 0 unspecified atom stereocenters. The van der Waals surface area contributed by atoms with Crippen molar-refractivity contribution < 1.29 is 9.13 Å². The number of halogens is 1. The summed E-state index contributed by atoms with van der Waals surface area (Å²) in [5.74, 6) is -0.0684. The van der Waals surface area contributed by atoms with Crippen molar-refractivity contribution in [1.82, 2.24) is 30.0 Å². The molecule has 0 atom stereocenters. The highest BCUT2D eigenvalue weighted by atomic mass is 19.1. The van der Waals surface area contributed by atoms with Gasteiger partial charge in [-0.2, -0.15) is 14.5 Å². The van der Waals surface area contributed by atoms with Crippen LogP contribution in [0.3, 0.4) is 0 Å². The van der Waals surface area contributed by atoms with E-state index in [1.54, 1.807) is 24.5 Å². The first-order chi connectivity index (χ1) is 13.5. The summed E-state index contributed by atoms with van der Waals surface area (Å²) in [6, 6.07) is 9.80. The zero-order chi connectivity index (χ0) is 19.7. The monoisotopic (exact) mass is 380 g/mol. The van der Waals surface area contributed by atoms with E-state index < -0.39 is 11.5 Å². The van der Waals surface area contributed by atoms with Gasteiger partial charge >= 0.3 is 5.69 Å². The molecule has 142 valence electrons. The van der Waals surface area contributed by atoms with Crippen molar-refractivity contribution in [1.29, 1.82) is 0 Å². The van der Waals surface area contributed by atoms with Crippen molar-refractivity contribution in [2.45, 2.75) is 13.5 Å². The van der Waals surface area contributed by atoms with Gasteiger partial charge < -0.3 is 4.74 Å². The van der Waals surface area contributed by atoms with Gasteiger partial charge in [-0.3, -0.25) is 5.10 Å². The lowest BCUT2D eigenvalue weighted by atomic mass is 10.0. The molecule has 0 saturated carbocycles. The Bertz CT molecular complexity index is 1180. The van der Waals surface area contributed by atoms with Crippen LogP contribution in [0, 0.1) is 12.7 Å². The highest BCUT2D eigenvalue weighted by molar-refractivity contribution is 5.67. The average Bonchev–Trinajstić information content (AvgIpc) is 3.32. The van der Waals surface area contributed by atoms with Crippen molar-refractivity contribution in [2.75, 3.05) is 7.11 Å². The number of ether oxygens (including phenoxy) is 1. The van der Waals surface area contributed by atoms with Gasteiger partial charge in [0, 0.05) is 17.8 Å². The number of benzene rings is 2. The number of tetrazole rings is 1. The predicted molar refractivity (Wildman–Crippen MR) is 100.0 cm³/mol. The summed E-state index contributed by atoms with van der Waals surface area (Å²) in [5.41, 5.74) is 3.66. The molecule has 0 aliphatic heterocycles. The first-order valence-electron chi connectivity index (χ1n) is 8.51. The zero-order valence-corrected chi connectivity index (χ0v) is 15.3. The second-order valence-corrected chi connectivity index (χ2v) is 6.32. The highest BCUT2D eigenvalue weighted by Crippen LogP contribution is 2.24. The van der Waals surface area contributed by atoms with E-state index in [4.69, 9.17) is 4.74 Å². The van der Waals surface area contributed by atoms with Gasteiger partial charge in [0.15, 0.2) is 0 Å². The summed E-state index contributed by atoms with van der Waals surface area (Å²) in [6.07, 6.45) is 3.54. The Hall–Kier alpha value is -3.75. The summed E-state index contributed by atoms with van der Waals surface area (Å²) < 4.78 is 21.1. The lowest BCUT2D eigenvalue weighted by Crippen LogP contribution is -2.24. The van der Waals surface area contributed by atoms with E-state index >= 15 is 0 Å². The van der Waals surface area contributed by atoms with Crippen LogP contribution in [-0.2, 0) is 6.54 Å². The summed E-state index contributed by atoms with van der Waals surface area (Å²) in [6.45, 7) is 2.03. The molecule has 9 heteroatoms. The maximum absolute atomic E-state index is 13.7. The minimum atomic E-state index is -0.444. The number of hydrogen-bond donors (Lipinski definition) is 1. The molecule has 8 nitrogen and oxygen atoms in total. The van der Waals surface area contributed by atoms with Gasteiger partial charge in [-0.05, 0) is 58.3 Å². The third-order valence-corrected chi connectivity index (χ3v) is 4.40. The average molecular weight is 380 g/mol. The maximum atomic E-state index is 13.7. The van der Waals surface area contributed by atoms with Crippen molar-refractivity contribution in [3.8, 4) is 22.6 Å². The molecular formula is C19H17FN6O2. The van der Waals surface area contributed by atoms with Crippen LogP contribution in [-0.4, -0.2) is 37.1 Å². The lowest BCUT2D eigenvalue weighted by molar-refractivity contribution is 0.410. The van der Waals surface area contributed by atoms with Crippen molar-refractivity contribution in [3.05, 3.63) is 76.2 Å². The Morgan fingerprint density at radius 3 is 2.75 bits per heavy atom. The number of H-pyrrole nitrogens is 1. The number of methoxy groups -OCH3 is 1. The van der Waals surface area contributed by atoms with Crippen LogP contribution in [0.25, 0.3) is 16.8 Å². The van der Waals surface area contributed by atoms with Gasteiger partial charge in [-0.1, -0.05) is 6.07 Å².